The molecule has 0 amide bonds. The van der Waals surface area contributed by atoms with Crippen LogP contribution in [0.1, 0.15) is 22.7 Å². The highest BCUT2D eigenvalue weighted by atomic mass is 16.5. The zero-order chi connectivity index (χ0) is 23.3. The molecule has 0 aliphatic carbocycles. The molecule has 0 saturated carbocycles. The van der Waals surface area contributed by atoms with Crippen molar-refractivity contribution >= 4 is 5.69 Å². The van der Waals surface area contributed by atoms with Crippen LogP contribution in [0.5, 0.6) is 5.88 Å². The largest absolute Gasteiger partial charge is 0.469 e. The van der Waals surface area contributed by atoms with E-state index >= 15 is 0 Å². The lowest BCUT2D eigenvalue weighted by Gasteiger charge is -2.33. The minimum atomic E-state index is -0.128. The molecule has 0 unspecified atom stereocenters. The van der Waals surface area contributed by atoms with Gasteiger partial charge in [0.25, 0.3) is 0 Å². The van der Waals surface area contributed by atoms with Gasteiger partial charge in [-0.15, -0.1) is 0 Å². The third-order valence-corrected chi connectivity index (χ3v) is 6.01. The van der Waals surface area contributed by atoms with Crippen LogP contribution in [0.4, 0.5) is 5.69 Å². The van der Waals surface area contributed by atoms with Crippen LogP contribution < -0.4 is 15.4 Å². The molecule has 7 nitrogen and oxygen atoms in total. The van der Waals surface area contributed by atoms with Crippen LogP contribution in [-0.4, -0.2) is 34.0 Å². The maximum Gasteiger partial charge on any atom is 0.237 e. The Bertz CT molecular complexity index is 1310. The summed E-state index contributed by atoms with van der Waals surface area (Å²) in [7, 11) is 1.90. The summed E-state index contributed by atoms with van der Waals surface area (Å²) in [4.78, 5) is 4.60. The van der Waals surface area contributed by atoms with Gasteiger partial charge in [0.1, 0.15) is 6.10 Å². The van der Waals surface area contributed by atoms with Crippen molar-refractivity contribution in [2.45, 2.75) is 18.6 Å². The Morgan fingerprint density at radius 2 is 2.03 bits per heavy atom. The first-order valence-electron chi connectivity index (χ1n) is 11.4. The van der Waals surface area contributed by atoms with Crippen molar-refractivity contribution in [3.8, 4) is 23.1 Å². The van der Waals surface area contributed by atoms with Gasteiger partial charge in [-0.05, 0) is 42.3 Å². The van der Waals surface area contributed by atoms with E-state index in [0.717, 1.165) is 40.9 Å². The van der Waals surface area contributed by atoms with Gasteiger partial charge in [-0.3, -0.25) is 4.68 Å². The Balaban J connectivity index is 1.32. The number of nitriles is 1. The van der Waals surface area contributed by atoms with Gasteiger partial charge in [0.2, 0.25) is 5.88 Å². The summed E-state index contributed by atoms with van der Waals surface area (Å²) < 4.78 is 8.16. The number of pyridine rings is 1. The number of anilines is 1. The van der Waals surface area contributed by atoms with Crippen molar-refractivity contribution in [2.24, 2.45) is 7.05 Å². The zero-order valence-electron chi connectivity index (χ0n) is 19.0. The molecule has 5 rings (SSSR count). The molecule has 0 fully saturated rings. The molecule has 2 aromatic heterocycles. The first kappa shape index (κ1) is 21.7. The Hall–Kier alpha value is -4.15. The number of aryl methyl sites for hydroxylation is 1. The number of rotatable bonds is 7. The van der Waals surface area contributed by atoms with Gasteiger partial charge >= 0.3 is 0 Å². The molecular formula is C27H26N6O. The van der Waals surface area contributed by atoms with E-state index in [9.17, 15) is 0 Å². The van der Waals surface area contributed by atoms with Crippen LogP contribution >= 0.6 is 0 Å². The van der Waals surface area contributed by atoms with Gasteiger partial charge in [0.05, 0.1) is 36.1 Å². The SMILES string of the molecule is Cn1cc(-c2cnc3c(c2)NC[C@@H]([C@H](NCCc2cccc(C#N)c2)c2ccccc2)O3)cn1. The smallest absolute Gasteiger partial charge is 0.237 e. The topological polar surface area (TPSA) is 87.8 Å². The minimum absolute atomic E-state index is 0.0131. The van der Waals surface area contributed by atoms with Crippen LogP contribution in [0, 0.1) is 11.3 Å². The number of ether oxygens (including phenoxy) is 1. The maximum atomic E-state index is 9.16. The monoisotopic (exact) mass is 450 g/mol. The van der Waals surface area contributed by atoms with E-state index in [0.29, 0.717) is 18.0 Å². The molecule has 34 heavy (non-hydrogen) atoms. The molecule has 7 heteroatoms. The van der Waals surface area contributed by atoms with Gasteiger partial charge in [-0.1, -0.05) is 42.5 Å². The summed E-state index contributed by atoms with van der Waals surface area (Å²) in [6.07, 6.45) is 6.32. The number of hydrogen-bond acceptors (Lipinski definition) is 6. The fourth-order valence-electron chi connectivity index (χ4n) is 4.28. The quantitative estimate of drug-likeness (QED) is 0.441. The van der Waals surface area contributed by atoms with E-state index in [2.05, 4.69) is 51.1 Å². The standard InChI is InChI=1S/C27H26N6O/c1-33-18-23(16-32-33)22-13-24-27(31-15-22)34-25(17-30-24)26(21-8-3-2-4-9-21)29-11-10-19-6-5-7-20(12-19)14-28/h2-9,12-13,15-16,18,25-26,29-30H,10-11,17H2,1H3/t25-,26+/m0/s1. The Kier molecular flexibility index (Phi) is 6.23. The first-order valence-corrected chi connectivity index (χ1v) is 11.4. The molecule has 3 heterocycles. The molecule has 2 atom stereocenters. The zero-order valence-corrected chi connectivity index (χ0v) is 19.0. The van der Waals surface area contributed by atoms with Crippen LogP contribution in [0.3, 0.4) is 0 Å². The molecule has 0 bridgehead atoms. The lowest BCUT2D eigenvalue weighted by Crippen LogP contribution is -2.43. The highest BCUT2D eigenvalue weighted by molar-refractivity contribution is 5.69. The molecule has 0 saturated heterocycles. The van der Waals surface area contributed by atoms with Crippen molar-refractivity contribution in [3.63, 3.8) is 0 Å². The van der Waals surface area contributed by atoms with Gasteiger partial charge in [0, 0.05) is 30.6 Å². The highest BCUT2D eigenvalue weighted by Gasteiger charge is 2.29. The van der Waals surface area contributed by atoms with Crippen molar-refractivity contribution in [3.05, 3.63) is 95.9 Å². The second kappa shape index (κ2) is 9.77. The van der Waals surface area contributed by atoms with Gasteiger partial charge in [0.15, 0.2) is 0 Å². The molecule has 170 valence electrons. The molecule has 0 spiro atoms. The molecule has 1 aliphatic rings. The number of nitrogens with zero attached hydrogens (tertiary/aromatic N) is 4. The summed E-state index contributed by atoms with van der Waals surface area (Å²) >= 11 is 0. The Morgan fingerprint density at radius 1 is 1.15 bits per heavy atom. The van der Waals surface area contributed by atoms with Crippen LogP contribution in [-0.2, 0) is 13.5 Å². The summed E-state index contributed by atoms with van der Waals surface area (Å²) in [6.45, 7) is 1.41. The van der Waals surface area contributed by atoms with Crippen molar-refractivity contribution in [1.29, 1.82) is 5.26 Å². The normalized spacial score (nSPS) is 15.5. The second-order valence-electron chi connectivity index (χ2n) is 8.42. The Labute approximate surface area is 199 Å². The van der Waals surface area contributed by atoms with Crippen LogP contribution in [0.15, 0.2) is 79.3 Å². The molecule has 2 aromatic carbocycles. The average molecular weight is 451 g/mol. The first-order chi connectivity index (χ1) is 16.7. The van der Waals surface area contributed by atoms with Gasteiger partial charge in [-0.25, -0.2) is 4.98 Å². The van der Waals surface area contributed by atoms with E-state index < -0.39 is 0 Å². The van der Waals surface area contributed by atoms with Crippen LogP contribution in [0.25, 0.3) is 11.1 Å². The lowest BCUT2D eigenvalue weighted by molar-refractivity contribution is 0.150. The van der Waals surface area contributed by atoms with E-state index in [1.165, 1.54) is 0 Å². The van der Waals surface area contributed by atoms with Gasteiger partial charge in [-0.2, -0.15) is 10.4 Å². The van der Waals surface area contributed by atoms with Crippen molar-refractivity contribution in [2.75, 3.05) is 18.4 Å². The lowest BCUT2D eigenvalue weighted by atomic mass is 9.99. The number of nitrogens with one attached hydrogen (secondary N) is 2. The summed E-state index contributed by atoms with van der Waals surface area (Å²) in [5, 5.41) is 20.6. The summed E-state index contributed by atoms with van der Waals surface area (Å²) in [6, 6.07) is 22.4. The minimum Gasteiger partial charge on any atom is -0.469 e. The third kappa shape index (κ3) is 4.77. The van der Waals surface area contributed by atoms with Gasteiger partial charge < -0.3 is 15.4 Å². The van der Waals surface area contributed by atoms with E-state index in [1.54, 1.807) is 4.68 Å². The highest BCUT2D eigenvalue weighted by Crippen LogP contribution is 2.34. The van der Waals surface area contributed by atoms with E-state index in [4.69, 9.17) is 10.00 Å². The maximum absolute atomic E-state index is 9.16. The fourth-order valence-corrected chi connectivity index (χ4v) is 4.28. The van der Waals surface area contributed by atoms with Crippen LogP contribution in [0.2, 0.25) is 0 Å². The summed E-state index contributed by atoms with van der Waals surface area (Å²) in [5.74, 6) is 0.605. The number of aromatic nitrogens is 3. The Morgan fingerprint density at radius 3 is 2.82 bits per heavy atom. The van der Waals surface area contributed by atoms with E-state index in [-0.39, 0.29) is 12.1 Å². The number of hydrogen-bond donors (Lipinski definition) is 2. The average Bonchev–Trinajstić information content (AvgIpc) is 3.33. The fraction of sp³-hybridized carbons (Fsp3) is 0.222. The number of benzene rings is 2. The second-order valence-corrected chi connectivity index (χ2v) is 8.42. The van der Waals surface area contributed by atoms with Crippen molar-refractivity contribution in [1.82, 2.24) is 20.1 Å². The molecular weight excluding hydrogens is 424 g/mol. The molecule has 4 aromatic rings. The predicted octanol–water partition coefficient (Wildman–Crippen LogP) is 4.10. The molecule has 0 radical (unpaired) electrons. The molecule has 2 N–H and O–H groups in total. The predicted molar refractivity (Wildman–Crippen MR) is 131 cm³/mol. The summed E-state index contributed by atoms with van der Waals surface area (Å²) in [5.41, 5.74) is 5.89. The molecule has 1 aliphatic heterocycles. The number of fused-ring (bicyclic) bond motifs is 1. The third-order valence-electron chi connectivity index (χ3n) is 6.01. The van der Waals surface area contributed by atoms with Crippen molar-refractivity contribution < 1.29 is 4.74 Å². The van der Waals surface area contributed by atoms with E-state index in [1.807, 2.05) is 62.0 Å².